The molecule has 2 aromatic rings. The van der Waals surface area contributed by atoms with Gasteiger partial charge in [0.15, 0.2) is 0 Å². The molecule has 0 aromatic heterocycles. The van der Waals surface area contributed by atoms with Gasteiger partial charge in [0.2, 0.25) is 0 Å². The molecule has 1 atom stereocenters. The summed E-state index contributed by atoms with van der Waals surface area (Å²) < 4.78 is 5.66. The van der Waals surface area contributed by atoms with Crippen molar-refractivity contribution >= 4 is 11.8 Å². The highest BCUT2D eigenvalue weighted by Crippen LogP contribution is 2.30. The number of nitrogens with one attached hydrogen (secondary N) is 1. The molecule has 1 amide bonds. The highest BCUT2D eigenvalue weighted by atomic mass is 16.6. The van der Waals surface area contributed by atoms with Gasteiger partial charge < -0.3 is 15.0 Å². The average Bonchev–Trinajstić information content (AvgIpc) is 2.74. The molecular formula is C24H27N3O2. The summed E-state index contributed by atoms with van der Waals surface area (Å²) in [4.78, 5) is 14.8. The van der Waals surface area contributed by atoms with E-state index in [2.05, 4.69) is 28.4 Å². The summed E-state index contributed by atoms with van der Waals surface area (Å²) in [6.45, 7) is 1.48. The Balaban J connectivity index is 1.48. The smallest absolute Gasteiger partial charge is 0.407 e. The largest absolute Gasteiger partial charge is 0.446 e. The lowest BCUT2D eigenvalue weighted by Gasteiger charge is -2.36. The molecule has 2 aromatic carbocycles. The zero-order valence-electron chi connectivity index (χ0n) is 16.6. The minimum absolute atomic E-state index is 0.0451. The molecule has 2 aliphatic rings. The van der Waals surface area contributed by atoms with Gasteiger partial charge in [-0.05, 0) is 61.4 Å². The molecule has 1 N–H and O–H groups in total. The first-order valence-electron chi connectivity index (χ1n) is 10.5. The molecule has 0 bridgehead atoms. The number of alkyl carbamates (subject to hydrolysis) is 1. The summed E-state index contributed by atoms with van der Waals surface area (Å²) in [7, 11) is 0. The fourth-order valence-electron chi connectivity index (χ4n) is 4.41. The van der Waals surface area contributed by atoms with Crippen molar-refractivity contribution in [2.45, 2.75) is 57.2 Å². The lowest BCUT2D eigenvalue weighted by atomic mass is 9.95. The van der Waals surface area contributed by atoms with Gasteiger partial charge in [0, 0.05) is 18.8 Å². The maximum absolute atomic E-state index is 12.5. The van der Waals surface area contributed by atoms with E-state index in [0.717, 1.165) is 43.5 Å². The van der Waals surface area contributed by atoms with Gasteiger partial charge in [-0.2, -0.15) is 5.26 Å². The number of benzene rings is 2. The SMILES string of the molecule is N#Cc1ccc2c(c1)C[C@H](NC(=O)OC1CCCCC1)CN2Cc1ccccc1. The van der Waals surface area contributed by atoms with Gasteiger partial charge >= 0.3 is 6.09 Å². The number of anilines is 1. The van der Waals surface area contributed by atoms with Gasteiger partial charge in [-0.1, -0.05) is 36.8 Å². The molecule has 0 radical (unpaired) electrons. The normalized spacial score (nSPS) is 19.1. The summed E-state index contributed by atoms with van der Waals surface area (Å²) in [6, 6.07) is 18.3. The standard InChI is InChI=1S/C24H27N3O2/c25-15-19-11-12-23-20(13-19)14-21(17-27(23)16-18-7-3-1-4-8-18)26-24(28)29-22-9-5-2-6-10-22/h1,3-4,7-8,11-13,21-22H,2,5-6,9-10,14,16-17H2,(H,26,28)/t21-/m0/s1. The fourth-order valence-corrected chi connectivity index (χ4v) is 4.41. The van der Waals surface area contributed by atoms with Crippen LogP contribution in [0.3, 0.4) is 0 Å². The molecule has 1 heterocycles. The van der Waals surface area contributed by atoms with E-state index in [1.807, 2.05) is 36.4 Å². The minimum atomic E-state index is -0.318. The number of hydrogen-bond donors (Lipinski definition) is 1. The van der Waals surface area contributed by atoms with E-state index in [1.165, 1.54) is 12.0 Å². The van der Waals surface area contributed by atoms with E-state index < -0.39 is 0 Å². The van der Waals surface area contributed by atoms with Crippen LogP contribution in [0.2, 0.25) is 0 Å². The molecule has 150 valence electrons. The molecule has 0 spiro atoms. The Bertz CT molecular complexity index is 885. The third-order valence-electron chi connectivity index (χ3n) is 5.82. The number of fused-ring (bicyclic) bond motifs is 1. The topological polar surface area (TPSA) is 65.4 Å². The Hall–Kier alpha value is -3.00. The van der Waals surface area contributed by atoms with Crippen LogP contribution in [0.5, 0.6) is 0 Å². The molecule has 1 aliphatic heterocycles. The van der Waals surface area contributed by atoms with Gasteiger partial charge in [-0.3, -0.25) is 0 Å². The van der Waals surface area contributed by atoms with Crippen molar-refractivity contribution in [2.75, 3.05) is 11.4 Å². The maximum Gasteiger partial charge on any atom is 0.407 e. The van der Waals surface area contributed by atoms with Crippen LogP contribution in [0.25, 0.3) is 0 Å². The monoisotopic (exact) mass is 389 g/mol. The second-order valence-electron chi connectivity index (χ2n) is 8.03. The van der Waals surface area contributed by atoms with Crippen LogP contribution in [0.1, 0.15) is 48.8 Å². The van der Waals surface area contributed by atoms with E-state index in [0.29, 0.717) is 18.5 Å². The predicted molar refractivity (Wildman–Crippen MR) is 113 cm³/mol. The van der Waals surface area contributed by atoms with E-state index in [4.69, 9.17) is 4.74 Å². The number of hydrogen-bond acceptors (Lipinski definition) is 4. The quantitative estimate of drug-likeness (QED) is 0.833. The van der Waals surface area contributed by atoms with Crippen LogP contribution in [-0.2, 0) is 17.7 Å². The highest BCUT2D eigenvalue weighted by molar-refractivity contribution is 5.69. The van der Waals surface area contributed by atoms with Crippen LogP contribution in [0.4, 0.5) is 10.5 Å². The summed E-state index contributed by atoms with van der Waals surface area (Å²) >= 11 is 0. The van der Waals surface area contributed by atoms with Gasteiger partial charge in [-0.15, -0.1) is 0 Å². The molecule has 5 nitrogen and oxygen atoms in total. The first-order chi connectivity index (χ1) is 14.2. The second-order valence-corrected chi connectivity index (χ2v) is 8.03. The Morgan fingerprint density at radius 1 is 1.14 bits per heavy atom. The van der Waals surface area contributed by atoms with Gasteiger partial charge in [0.25, 0.3) is 0 Å². The predicted octanol–water partition coefficient (Wildman–Crippen LogP) is 4.55. The van der Waals surface area contributed by atoms with Gasteiger partial charge in [0.1, 0.15) is 6.10 Å². The molecule has 0 saturated heterocycles. The Kier molecular flexibility index (Phi) is 6.00. The molecule has 29 heavy (non-hydrogen) atoms. The van der Waals surface area contributed by atoms with Crippen LogP contribution < -0.4 is 10.2 Å². The molecule has 1 fully saturated rings. The summed E-state index contributed by atoms with van der Waals surface area (Å²) in [6.07, 6.45) is 5.87. The lowest BCUT2D eigenvalue weighted by molar-refractivity contribution is 0.0729. The number of carbonyl (C=O) groups excluding carboxylic acids is 1. The van der Waals surface area contributed by atoms with E-state index in [9.17, 15) is 10.1 Å². The summed E-state index contributed by atoms with van der Waals surface area (Å²) in [5.74, 6) is 0. The number of carbonyl (C=O) groups is 1. The van der Waals surface area contributed by atoms with E-state index in [1.54, 1.807) is 0 Å². The van der Waals surface area contributed by atoms with E-state index in [-0.39, 0.29) is 18.2 Å². The maximum atomic E-state index is 12.5. The van der Waals surface area contributed by atoms with Crippen LogP contribution in [0.15, 0.2) is 48.5 Å². The summed E-state index contributed by atoms with van der Waals surface area (Å²) in [5.41, 5.74) is 4.09. The molecular weight excluding hydrogens is 362 g/mol. The number of rotatable bonds is 4. The third kappa shape index (κ3) is 4.89. The van der Waals surface area contributed by atoms with Crippen molar-refractivity contribution in [1.82, 2.24) is 5.32 Å². The Morgan fingerprint density at radius 3 is 2.69 bits per heavy atom. The first kappa shape index (κ1) is 19.3. The van der Waals surface area contributed by atoms with Crippen LogP contribution >= 0.6 is 0 Å². The second kappa shape index (κ2) is 9.00. The summed E-state index contributed by atoms with van der Waals surface area (Å²) in [5, 5.41) is 12.4. The highest BCUT2D eigenvalue weighted by Gasteiger charge is 2.27. The Morgan fingerprint density at radius 2 is 1.93 bits per heavy atom. The molecule has 5 heteroatoms. The van der Waals surface area contributed by atoms with Crippen molar-refractivity contribution in [3.8, 4) is 6.07 Å². The number of amides is 1. The van der Waals surface area contributed by atoms with Gasteiger partial charge in [0.05, 0.1) is 17.7 Å². The average molecular weight is 389 g/mol. The molecule has 4 rings (SSSR count). The van der Waals surface area contributed by atoms with Crippen molar-refractivity contribution in [3.63, 3.8) is 0 Å². The van der Waals surface area contributed by atoms with Crippen molar-refractivity contribution < 1.29 is 9.53 Å². The fraction of sp³-hybridized carbons (Fsp3) is 0.417. The zero-order chi connectivity index (χ0) is 20.1. The van der Waals surface area contributed by atoms with Crippen molar-refractivity contribution in [3.05, 3.63) is 65.2 Å². The third-order valence-corrected chi connectivity index (χ3v) is 5.82. The minimum Gasteiger partial charge on any atom is -0.446 e. The molecule has 1 saturated carbocycles. The molecule has 1 aliphatic carbocycles. The van der Waals surface area contributed by atoms with Gasteiger partial charge in [-0.25, -0.2) is 4.79 Å². The Labute approximate surface area is 172 Å². The molecule has 0 unspecified atom stereocenters. The van der Waals surface area contributed by atoms with Crippen molar-refractivity contribution in [2.24, 2.45) is 0 Å². The van der Waals surface area contributed by atoms with Crippen molar-refractivity contribution in [1.29, 1.82) is 5.26 Å². The zero-order valence-corrected chi connectivity index (χ0v) is 16.6. The number of nitrogens with zero attached hydrogens (tertiary/aromatic N) is 2. The lowest BCUT2D eigenvalue weighted by Crippen LogP contribution is -2.48. The number of nitriles is 1. The van der Waals surface area contributed by atoms with E-state index >= 15 is 0 Å². The van der Waals surface area contributed by atoms with Crippen LogP contribution in [-0.4, -0.2) is 24.8 Å². The van der Waals surface area contributed by atoms with Crippen LogP contribution in [0, 0.1) is 11.3 Å². The number of ether oxygens (including phenoxy) is 1. The first-order valence-corrected chi connectivity index (χ1v) is 10.5.